The molecule has 1 amide bonds. The van der Waals surface area contributed by atoms with Gasteiger partial charge in [-0.1, -0.05) is 18.5 Å². The zero-order valence-electron chi connectivity index (χ0n) is 13.1. The summed E-state index contributed by atoms with van der Waals surface area (Å²) in [5.41, 5.74) is 2.30. The van der Waals surface area contributed by atoms with Gasteiger partial charge in [0.15, 0.2) is 0 Å². The molecule has 0 atom stereocenters. The lowest BCUT2D eigenvalue weighted by atomic mass is 10.1. The molecule has 0 aliphatic carbocycles. The number of aryl methyl sites for hydroxylation is 1. The molecule has 8 heteroatoms. The number of nitrogens with one attached hydrogen (secondary N) is 1. The molecule has 0 radical (unpaired) electrons. The largest absolute Gasteiger partial charge is 0.477 e. The Morgan fingerprint density at radius 3 is 2.83 bits per heavy atom. The number of nitrogens with zero attached hydrogens (tertiary/aromatic N) is 3. The van der Waals surface area contributed by atoms with Gasteiger partial charge in [-0.25, -0.2) is 4.79 Å². The molecule has 0 bridgehead atoms. The smallest absolute Gasteiger partial charge is 0.413 e. The normalized spacial score (nSPS) is 10.3. The zero-order chi connectivity index (χ0) is 16.8. The SMILES string of the molecule is CCCOc1nc(NC(=O)OC)nc(Cl)c1-c1ccncc1C. The number of anilines is 1. The van der Waals surface area contributed by atoms with Crippen molar-refractivity contribution in [2.24, 2.45) is 0 Å². The van der Waals surface area contributed by atoms with Gasteiger partial charge in [-0.15, -0.1) is 0 Å². The molecule has 2 heterocycles. The quantitative estimate of drug-likeness (QED) is 0.841. The lowest BCUT2D eigenvalue weighted by Crippen LogP contribution is -2.14. The van der Waals surface area contributed by atoms with Crippen LogP contribution in [0.3, 0.4) is 0 Å². The molecule has 0 fully saturated rings. The maximum absolute atomic E-state index is 11.3. The molecular formula is C15H17ClN4O3. The monoisotopic (exact) mass is 336 g/mol. The van der Waals surface area contributed by atoms with Gasteiger partial charge in [-0.05, 0) is 30.5 Å². The first kappa shape index (κ1) is 17.0. The Kier molecular flexibility index (Phi) is 5.70. The Balaban J connectivity index is 2.52. The highest BCUT2D eigenvalue weighted by atomic mass is 35.5. The summed E-state index contributed by atoms with van der Waals surface area (Å²) in [6, 6.07) is 1.81. The maximum atomic E-state index is 11.3. The van der Waals surface area contributed by atoms with Gasteiger partial charge in [0.1, 0.15) is 5.15 Å². The highest BCUT2D eigenvalue weighted by Gasteiger charge is 2.19. The summed E-state index contributed by atoms with van der Waals surface area (Å²) in [4.78, 5) is 23.7. The minimum absolute atomic E-state index is 0.0170. The molecule has 7 nitrogen and oxygen atoms in total. The number of methoxy groups -OCH3 is 1. The lowest BCUT2D eigenvalue weighted by molar-refractivity contribution is 0.186. The Morgan fingerprint density at radius 1 is 1.39 bits per heavy atom. The molecule has 2 aromatic heterocycles. The summed E-state index contributed by atoms with van der Waals surface area (Å²) in [6.07, 6.45) is 3.49. The van der Waals surface area contributed by atoms with Crippen LogP contribution in [0.2, 0.25) is 5.15 Å². The van der Waals surface area contributed by atoms with Gasteiger partial charge < -0.3 is 9.47 Å². The van der Waals surface area contributed by atoms with E-state index < -0.39 is 6.09 Å². The summed E-state index contributed by atoms with van der Waals surface area (Å²) in [5, 5.41) is 2.56. The molecule has 0 aliphatic heterocycles. The zero-order valence-corrected chi connectivity index (χ0v) is 13.8. The van der Waals surface area contributed by atoms with Crippen LogP contribution >= 0.6 is 11.6 Å². The van der Waals surface area contributed by atoms with E-state index >= 15 is 0 Å². The van der Waals surface area contributed by atoms with Crippen molar-refractivity contribution in [3.63, 3.8) is 0 Å². The fourth-order valence-electron chi connectivity index (χ4n) is 1.90. The van der Waals surface area contributed by atoms with Crippen LogP contribution < -0.4 is 10.1 Å². The molecule has 122 valence electrons. The molecule has 0 aliphatic rings. The molecule has 2 aromatic rings. The predicted octanol–water partition coefficient (Wildman–Crippen LogP) is 3.47. The Morgan fingerprint density at radius 2 is 2.17 bits per heavy atom. The van der Waals surface area contributed by atoms with Crippen LogP contribution in [-0.2, 0) is 4.74 Å². The predicted molar refractivity (Wildman–Crippen MR) is 86.8 cm³/mol. The Labute approximate surface area is 139 Å². The number of pyridine rings is 1. The van der Waals surface area contributed by atoms with Crippen LogP contribution in [0, 0.1) is 6.92 Å². The van der Waals surface area contributed by atoms with Gasteiger partial charge in [0.05, 0.1) is 19.3 Å². The van der Waals surface area contributed by atoms with Gasteiger partial charge in [-0.3, -0.25) is 10.3 Å². The number of rotatable bonds is 5. The van der Waals surface area contributed by atoms with E-state index in [9.17, 15) is 4.79 Å². The number of aromatic nitrogens is 3. The minimum Gasteiger partial charge on any atom is -0.477 e. The van der Waals surface area contributed by atoms with E-state index in [2.05, 4.69) is 25.0 Å². The number of carbonyl (C=O) groups excluding carboxylic acids is 1. The second kappa shape index (κ2) is 7.73. The third kappa shape index (κ3) is 4.07. The molecule has 23 heavy (non-hydrogen) atoms. The molecule has 0 spiro atoms. The average Bonchev–Trinajstić information content (AvgIpc) is 2.53. The molecule has 1 N–H and O–H groups in total. The van der Waals surface area contributed by atoms with E-state index in [-0.39, 0.29) is 11.1 Å². The van der Waals surface area contributed by atoms with Crippen LogP contribution in [0.25, 0.3) is 11.1 Å². The van der Waals surface area contributed by atoms with Crippen LogP contribution in [0.1, 0.15) is 18.9 Å². The molecule has 0 saturated carbocycles. The molecule has 0 saturated heterocycles. The molecular weight excluding hydrogens is 320 g/mol. The molecule has 2 rings (SSSR count). The van der Waals surface area contributed by atoms with Crippen LogP contribution in [-0.4, -0.2) is 34.8 Å². The first-order chi connectivity index (χ1) is 11.1. The van der Waals surface area contributed by atoms with E-state index in [1.54, 1.807) is 12.4 Å². The third-order valence-electron chi connectivity index (χ3n) is 2.96. The maximum Gasteiger partial charge on any atom is 0.413 e. The van der Waals surface area contributed by atoms with Crippen molar-refractivity contribution >= 4 is 23.6 Å². The standard InChI is InChI=1S/C15H17ClN4O3/c1-4-7-23-13-11(10-5-6-17-8-9(10)2)12(16)18-14(19-13)20-15(21)22-3/h5-6,8H,4,7H2,1-3H3,(H,18,19,20,21). The second-order valence-electron chi connectivity index (χ2n) is 4.67. The summed E-state index contributed by atoms with van der Waals surface area (Å²) in [6.45, 7) is 4.35. The van der Waals surface area contributed by atoms with Crippen molar-refractivity contribution in [1.29, 1.82) is 0 Å². The first-order valence-corrected chi connectivity index (χ1v) is 7.40. The Hall–Kier alpha value is -2.41. The van der Waals surface area contributed by atoms with Crippen molar-refractivity contribution in [2.75, 3.05) is 19.0 Å². The van der Waals surface area contributed by atoms with E-state index in [0.717, 1.165) is 17.5 Å². The third-order valence-corrected chi connectivity index (χ3v) is 3.24. The highest BCUT2D eigenvalue weighted by Crippen LogP contribution is 2.36. The number of halogens is 1. The van der Waals surface area contributed by atoms with Crippen molar-refractivity contribution in [2.45, 2.75) is 20.3 Å². The highest BCUT2D eigenvalue weighted by molar-refractivity contribution is 6.32. The van der Waals surface area contributed by atoms with Crippen molar-refractivity contribution in [3.05, 3.63) is 29.2 Å². The van der Waals surface area contributed by atoms with Crippen molar-refractivity contribution in [1.82, 2.24) is 15.0 Å². The number of hydrogen-bond acceptors (Lipinski definition) is 6. The van der Waals surface area contributed by atoms with Crippen LogP contribution in [0.4, 0.5) is 10.7 Å². The van der Waals surface area contributed by atoms with Gasteiger partial charge in [0.25, 0.3) is 0 Å². The first-order valence-electron chi connectivity index (χ1n) is 7.03. The van der Waals surface area contributed by atoms with Crippen LogP contribution in [0.5, 0.6) is 5.88 Å². The summed E-state index contributed by atoms with van der Waals surface area (Å²) in [7, 11) is 1.25. The number of carbonyl (C=O) groups is 1. The van der Waals surface area contributed by atoms with Crippen molar-refractivity contribution in [3.8, 4) is 17.0 Å². The lowest BCUT2D eigenvalue weighted by Gasteiger charge is -2.14. The fraction of sp³-hybridized carbons (Fsp3) is 0.333. The summed E-state index contributed by atoms with van der Waals surface area (Å²) in [5.74, 6) is 0.316. The molecule has 0 unspecified atom stereocenters. The second-order valence-corrected chi connectivity index (χ2v) is 5.03. The van der Waals surface area contributed by atoms with E-state index in [4.69, 9.17) is 16.3 Å². The fourth-order valence-corrected chi connectivity index (χ4v) is 2.16. The minimum atomic E-state index is -0.685. The number of hydrogen-bond donors (Lipinski definition) is 1. The van der Waals surface area contributed by atoms with E-state index in [0.29, 0.717) is 18.1 Å². The molecule has 0 aromatic carbocycles. The number of amides is 1. The van der Waals surface area contributed by atoms with Gasteiger partial charge in [-0.2, -0.15) is 9.97 Å². The van der Waals surface area contributed by atoms with Gasteiger partial charge in [0.2, 0.25) is 11.8 Å². The van der Waals surface area contributed by atoms with Gasteiger partial charge in [0, 0.05) is 12.4 Å². The average molecular weight is 337 g/mol. The van der Waals surface area contributed by atoms with Crippen LogP contribution in [0.15, 0.2) is 18.5 Å². The summed E-state index contributed by atoms with van der Waals surface area (Å²) < 4.78 is 10.2. The van der Waals surface area contributed by atoms with Gasteiger partial charge >= 0.3 is 6.09 Å². The topological polar surface area (TPSA) is 86.2 Å². The van der Waals surface area contributed by atoms with E-state index in [1.165, 1.54) is 7.11 Å². The van der Waals surface area contributed by atoms with E-state index in [1.807, 2.05) is 19.9 Å². The Bertz CT molecular complexity index is 709. The van der Waals surface area contributed by atoms with Crippen molar-refractivity contribution < 1.29 is 14.3 Å². The summed E-state index contributed by atoms with van der Waals surface area (Å²) >= 11 is 6.30. The number of ether oxygens (including phenoxy) is 2.